The zero-order valence-corrected chi connectivity index (χ0v) is 5.27. The molecule has 0 aliphatic carbocycles. The molecule has 3 N–H and O–H groups in total. The summed E-state index contributed by atoms with van der Waals surface area (Å²) in [6.45, 7) is 3.56. The molecule has 0 aliphatic heterocycles. The van der Waals surface area contributed by atoms with E-state index in [4.69, 9.17) is 5.84 Å². The van der Waals surface area contributed by atoms with Gasteiger partial charge in [-0.1, -0.05) is 6.92 Å². The van der Waals surface area contributed by atoms with Crippen LogP contribution in [0.15, 0.2) is 0 Å². The minimum Gasteiger partial charge on any atom is -0.298 e. The van der Waals surface area contributed by atoms with Crippen LogP contribution in [0.25, 0.3) is 0 Å². The van der Waals surface area contributed by atoms with Crippen LogP contribution in [0.4, 0.5) is 0 Å². The van der Waals surface area contributed by atoms with Crippen LogP contribution in [0, 0.1) is 0 Å². The topological polar surface area (TPSA) is 55.1 Å². The molecule has 3 nitrogen and oxygen atoms in total. The maximum absolute atomic E-state index is 10.6. The number of ketones is 1. The number of carbonyl (C=O) groups is 1. The number of hydrazine groups is 1. The van der Waals surface area contributed by atoms with Crippen LogP contribution in [0.5, 0.6) is 0 Å². The van der Waals surface area contributed by atoms with Crippen molar-refractivity contribution >= 4 is 5.78 Å². The van der Waals surface area contributed by atoms with Crippen molar-refractivity contribution in [2.45, 2.75) is 26.3 Å². The fourth-order valence-electron chi connectivity index (χ4n) is 0.399. The van der Waals surface area contributed by atoms with Crippen molar-refractivity contribution in [3.8, 4) is 0 Å². The summed E-state index contributed by atoms with van der Waals surface area (Å²) in [5.74, 6) is 5.12. The van der Waals surface area contributed by atoms with Gasteiger partial charge in [0.05, 0.1) is 6.04 Å². The van der Waals surface area contributed by atoms with Gasteiger partial charge in [-0.15, -0.1) is 0 Å². The molecule has 0 rings (SSSR count). The first-order valence-corrected chi connectivity index (χ1v) is 2.71. The Morgan fingerprint density at radius 3 is 2.50 bits per heavy atom. The van der Waals surface area contributed by atoms with Gasteiger partial charge in [0.15, 0.2) is 5.78 Å². The van der Waals surface area contributed by atoms with E-state index in [1.54, 1.807) is 6.92 Å². The molecule has 0 aliphatic rings. The number of nitrogens with two attached hydrogens (primary N) is 1. The van der Waals surface area contributed by atoms with Crippen LogP contribution < -0.4 is 11.3 Å². The van der Waals surface area contributed by atoms with Crippen LogP contribution in [0.3, 0.4) is 0 Å². The van der Waals surface area contributed by atoms with Crippen LogP contribution in [0.2, 0.25) is 0 Å². The highest BCUT2D eigenvalue weighted by atomic mass is 16.1. The van der Waals surface area contributed by atoms with Crippen molar-refractivity contribution in [1.82, 2.24) is 5.43 Å². The summed E-state index contributed by atoms with van der Waals surface area (Å²) < 4.78 is 0. The monoisotopic (exact) mass is 116 g/mol. The van der Waals surface area contributed by atoms with Crippen molar-refractivity contribution in [3.63, 3.8) is 0 Å². The molecule has 1 unspecified atom stereocenters. The molecule has 0 saturated heterocycles. The summed E-state index contributed by atoms with van der Waals surface area (Å²) >= 11 is 0. The molecule has 0 radical (unpaired) electrons. The van der Waals surface area contributed by atoms with E-state index < -0.39 is 0 Å². The molecule has 48 valence electrons. The molecule has 0 fully saturated rings. The first-order valence-electron chi connectivity index (χ1n) is 2.71. The third-order valence-electron chi connectivity index (χ3n) is 1.08. The zero-order chi connectivity index (χ0) is 6.57. The fourth-order valence-corrected chi connectivity index (χ4v) is 0.399. The quantitative estimate of drug-likeness (QED) is 0.397. The zero-order valence-electron chi connectivity index (χ0n) is 5.27. The lowest BCUT2D eigenvalue weighted by Gasteiger charge is -2.04. The summed E-state index contributed by atoms with van der Waals surface area (Å²) in [4.78, 5) is 10.6. The first-order chi connectivity index (χ1) is 3.72. The van der Waals surface area contributed by atoms with Crippen LogP contribution in [-0.4, -0.2) is 11.8 Å². The maximum atomic E-state index is 10.6. The Morgan fingerprint density at radius 1 is 1.88 bits per heavy atom. The molecule has 0 heterocycles. The molecule has 0 aromatic rings. The third-order valence-corrected chi connectivity index (χ3v) is 1.08. The van der Waals surface area contributed by atoms with Gasteiger partial charge >= 0.3 is 0 Å². The fraction of sp³-hybridized carbons (Fsp3) is 0.800. The van der Waals surface area contributed by atoms with Crippen molar-refractivity contribution in [3.05, 3.63) is 0 Å². The Balaban J connectivity index is 3.46. The Kier molecular flexibility index (Phi) is 3.39. The van der Waals surface area contributed by atoms with Gasteiger partial charge < -0.3 is 0 Å². The predicted octanol–water partition coefficient (Wildman–Crippen LogP) is -0.183. The van der Waals surface area contributed by atoms with E-state index in [0.717, 1.165) is 0 Å². The second-order valence-electron chi connectivity index (χ2n) is 1.71. The molecule has 0 amide bonds. The van der Waals surface area contributed by atoms with Gasteiger partial charge in [0.25, 0.3) is 0 Å². The SMILES string of the molecule is CCC(=O)C(C)NN. The third kappa shape index (κ3) is 2.04. The molecule has 0 bridgehead atoms. The van der Waals surface area contributed by atoms with Gasteiger partial charge in [0.2, 0.25) is 0 Å². The number of rotatable bonds is 3. The van der Waals surface area contributed by atoms with Crippen molar-refractivity contribution < 1.29 is 4.79 Å². The van der Waals surface area contributed by atoms with E-state index in [1.165, 1.54) is 0 Å². The second kappa shape index (κ2) is 3.57. The Bertz CT molecular complexity index is 82.5. The van der Waals surface area contributed by atoms with Crippen LogP contribution >= 0.6 is 0 Å². The molecular formula is C5H12N2O. The molecule has 0 aromatic heterocycles. The molecule has 0 saturated carbocycles. The maximum Gasteiger partial charge on any atom is 0.150 e. The van der Waals surface area contributed by atoms with Gasteiger partial charge in [-0.25, -0.2) is 0 Å². The number of hydrogen-bond donors (Lipinski definition) is 2. The Hall–Kier alpha value is -0.410. The van der Waals surface area contributed by atoms with E-state index in [-0.39, 0.29) is 11.8 Å². The molecule has 3 heteroatoms. The normalized spacial score (nSPS) is 13.4. The summed E-state index contributed by atoms with van der Waals surface area (Å²) in [5, 5.41) is 0. The largest absolute Gasteiger partial charge is 0.298 e. The lowest BCUT2D eigenvalue weighted by molar-refractivity contribution is -0.120. The van der Waals surface area contributed by atoms with Crippen LogP contribution in [-0.2, 0) is 4.79 Å². The van der Waals surface area contributed by atoms with Gasteiger partial charge in [-0.3, -0.25) is 16.1 Å². The first kappa shape index (κ1) is 7.59. The molecular weight excluding hydrogens is 104 g/mol. The molecule has 0 spiro atoms. The van der Waals surface area contributed by atoms with E-state index in [0.29, 0.717) is 6.42 Å². The molecule has 8 heavy (non-hydrogen) atoms. The number of carbonyl (C=O) groups excluding carboxylic acids is 1. The number of Topliss-reactive ketones (excluding diaryl/α,β-unsaturated/α-hetero) is 1. The minimum atomic E-state index is -0.194. The number of nitrogens with one attached hydrogen (secondary N) is 1. The van der Waals surface area contributed by atoms with E-state index in [9.17, 15) is 4.79 Å². The molecule has 0 aromatic carbocycles. The predicted molar refractivity (Wildman–Crippen MR) is 32.1 cm³/mol. The van der Waals surface area contributed by atoms with Gasteiger partial charge in [-0.05, 0) is 6.92 Å². The smallest absolute Gasteiger partial charge is 0.150 e. The summed E-state index contributed by atoms with van der Waals surface area (Å²) in [5.41, 5.74) is 2.37. The van der Waals surface area contributed by atoms with Crippen molar-refractivity contribution in [2.24, 2.45) is 5.84 Å². The van der Waals surface area contributed by atoms with Gasteiger partial charge in [-0.2, -0.15) is 0 Å². The lowest BCUT2D eigenvalue weighted by atomic mass is 10.2. The summed E-state index contributed by atoms with van der Waals surface area (Å²) in [6, 6.07) is -0.194. The molecule has 1 atom stereocenters. The minimum absolute atomic E-state index is 0.146. The highest BCUT2D eigenvalue weighted by Crippen LogP contribution is 1.85. The lowest BCUT2D eigenvalue weighted by Crippen LogP contribution is -2.38. The highest BCUT2D eigenvalue weighted by Gasteiger charge is 2.05. The second-order valence-corrected chi connectivity index (χ2v) is 1.71. The Morgan fingerprint density at radius 2 is 2.38 bits per heavy atom. The van der Waals surface area contributed by atoms with E-state index in [2.05, 4.69) is 5.43 Å². The Labute approximate surface area is 49.2 Å². The average molecular weight is 116 g/mol. The van der Waals surface area contributed by atoms with Crippen molar-refractivity contribution in [1.29, 1.82) is 0 Å². The van der Waals surface area contributed by atoms with E-state index in [1.807, 2.05) is 6.92 Å². The van der Waals surface area contributed by atoms with Crippen molar-refractivity contribution in [2.75, 3.05) is 0 Å². The standard InChI is InChI=1S/C5H12N2O/c1-3-5(8)4(2)7-6/h4,7H,3,6H2,1-2H3. The highest BCUT2D eigenvalue weighted by molar-refractivity contribution is 5.83. The average Bonchev–Trinajstić information content (AvgIpc) is 1.84. The summed E-state index contributed by atoms with van der Waals surface area (Å²) in [6.07, 6.45) is 0.547. The van der Waals surface area contributed by atoms with Gasteiger partial charge in [0, 0.05) is 6.42 Å². The van der Waals surface area contributed by atoms with E-state index >= 15 is 0 Å². The number of hydrogen-bond acceptors (Lipinski definition) is 3. The van der Waals surface area contributed by atoms with Gasteiger partial charge in [0.1, 0.15) is 0 Å². The summed E-state index contributed by atoms with van der Waals surface area (Å²) in [7, 11) is 0. The van der Waals surface area contributed by atoms with Crippen LogP contribution in [0.1, 0.15) is 20.3 Å².